The molecule has 2 atom stereocenters. The molecule has 2 unspecified atom stereocenters. The van der Waals surface area contributed by atoms with Gasteiger partial charge in [-0.1, -0.05) is 43.0 Å². The Bertz CT molecular complexity index is 481. The maximum Gasteiger partial charge on any atom is 0.230 e. The van der Waals surface area contributed by atoms with Crippen molar-refractivity contribution in [1.29, 1.82) is 0 Å². The van der Waals surface area contributed by atoms with Gasteiger partial charge in [0.15, 0.2) is 0 Å². The van der Waals surface area contributed by atoms with Crippen LogP contribution >= 0.6 is 35.0 Å². The minimum Gasteiger partial charge on any atom is -0.352 e. The summed E-state index contributed by atoms with van der Waals surface area (Å²) in [6.07, 6.45) is 4.79. The van der Waals surface area contributed by atoms with E-state index in [1.54, 1.807) is 18.2 Å². The summed E-state index contributed by atoms with van der Waals surface area (Å²) in [5.41, 5.74) is 0. The second-order valence-electron chi connectivity index (χ2n) is 5.30. The van der Waals surface area contributed by atoms with Crippen LogP contribution in [0.2, 0.25) is 10.0 Å². The van der Waals surface area contributed by atoms with E-state index in [1.165, 1.54) is 31.0 Å². The largest absolute Gasteiger partial charge is 0.352 e. The van der Waals surface area contributed by atoms with Crippen LogP contribution < -0.4 is 5.32 Å². The molecule has 1 fully saturated rings. The minimum absolute atomic E-state index is 0.0739. The predicted molar refractivity (Wildman–Crippen MR) is 86.7 cm³/mol. The Morgan fingerprint density at radius 3 is 2.85 bits per heavy atom. The number of thioether (sulfide) groups is 1. The molecule has 5 heteroatoms. The summed E-state index contributed by atoms with van der Waals surface area (Å²) < 4.78 is 0. The van der Waals surface area contributed by atoms with Crippen LogP contribution in [-0.4, -0.2) is 17.7 Å². The first-order chi connectivity index (χ1) is 9.56. The lowest BCUT2D eigenvalue weighted by molar-refractivity contribution is -0.119. The van der Waals surface area contributed by atoms with Crippen LogP contribution in [0.1, 0.15) is 32.6 Å². The molecule has 1 aromatic rings. The Hall–Kier alpha value is -0.380. The highest BCUT2D eigenvalue weighted by atomic mass is 35.5. The summed E-state index contributed by atoms with van der Waals surface area (Å²) in [7, 11) is 0. The third-order valence-corrected chi connectivity index (χ3v) is 5.44. The molecule has 0 aromatic heterocycles. The molecule has 2 nitrogen and oxygen atoms in total. The van der Waals surface area contributed by atoms with E-state index in [0.717, 1.165) is 11.3 Å². The lowest BCUT2D eigenvalue weighted by atomic mass is 9.86. The first-order valence-corrected chi connectivity index (χ1v) is 8.67. The second kappa shape index (κ2) is 7.58. The molecule has 0 bridgehead atoms. The number of benzene rings is 1. The molecule has 1 aliphatic carbocycles. The van der Waals surface area contributed by atoms with E-state index in [1.807, 2.05) is 0 Å². The van der Waals surface area contributed by atoms with Crippen molar-refractivity contribution in [3.8, 4) is 0 Å². The maximum atomic E-state index is 12.0. The van der Waals surface area contributed by atoms with Crippen LogP contribution in [0.25, 0.3) is 0 Å². The zero-order valence-electron chi connectivity index (χ0n) is 11.5. The molecule has 0 saturated heterocycles. The molecule has 1 aromatic carbocycles. The summed E-state index contributed by atoms with van der Waals surface area (Å²) in [6.45, 7) is 2.21. The topological polar surface area (TPSA) is 29.1 Å². The number of carbonyl (C=O) groups is 1. The number of nitrogens with one attached hydrogen (secondary N) is 1. The smallest absolute Gasteiger partial charge is 0.230 e. The molecule has 0 spiro atoms. The van der Waals surface area contributed by atoms with E-state index < -0.39 is 0 Å². The van der Waals surface area contributed by atoms with Gasteiger partial charge in [0.05, 0.1) is 10.8 Å². The van der Waals surface area contributed by atoms with E-state index in [9.17, 15) is 4.79 Å². The van der Waals surface area contributed by atoms with E-state index in [4.69, 9.17) is 23.2 Å². The Labute approximate surface area is 134 Å². The summed E-state index contributed by atoms with van der Waals surface area (Å²) in [5, 5.41) is 4.41. The van der Waals surface area contributed by atoms with Crippen molar-refractivity contribution in [2.45, 2.75) is 43.5 Å². The van der Waals surface area contributed by atoms with Gasteiger partial charge in [-0.05, 0) is 37.0 Å². The highest BCUT2D eigenvalue weighted by Crippen LogP contribution is 2.30. The highest BCUT2D eigenvalue weighted by Gasteiger charge is 2.22. The van der Waals surface area contributed by atoms with Gasteiger partial charge in [0.2, 0.25) is 5.91 Å². The number of hydrogen-bond acceptors (Lipinski definition) is 2. The molecule has 0 radical (unpaired) electrons. The van der Waals surface area contributed by atoms with Crippen molar-refractivity contribution < 1.29 is 4.79 Å². The highest BCUT2D eigenvalue weighted by molar-refractivity contribution is 8.00. The second-order valence-corrected chi connectivity index (χ2v) is 7.16. The molecule has 1 amide bonds. The quantitative estimate of drug-likeness (QED) is 0.804. The Balaban J connectivity index is 1.84. The van der Waals surface area contributed by atoms with E-state index in [2.05, 4.69) is 12.2 Å². The normalized spacial score (nSPS) is 22.6. The van der Waals surface area contributed by atoms with Gasteiger partial charge in [-0.15, -0.1) is 11.8 Å². The summed E-state index contributed by atoms with van der Waals surface area (Å²) in [5.74, 6) is 1.03. The average Bonchev–Trinajstić information content (AvgIpc) is 2.42. The van der Waals surface area contributed by atoms with Gasteiger partial charge in [-0.25, -0.2) is 0 Å². The zero-order chi connectivity index (χ0) is 14.5. The number of hydrogen-bond donors (Lipinski definition) is 1. The molecule has 110 valence electrons. The molecule has 1 aliphatic rings. The van der Waals surface area contributed by atoms with Gasteiger partial charge in [0, 0.05) is 16.0 Å². The molecule has 0 aliphatic heterocycles. The van der Waals surface area contributed by atoms with Crippen molar-refractivity contribution in [2.75, 3.05) is 5.75 Å². The predicted octanol–water partition coefficient (Wildman–Crippen LogP) is 4.78. The van der Waals surface area contributed by atoms with Crippen LogP contribution in [0.15, 0.2) is 23.1 Å². The summed E-state index contributed by atoms with van der Waals surface area (Å²) in [4.78, 5) is 12.9. The van der Waals surface area contributed by atoms with Gasteiger partial charge in [0.1, 0.15) is 0 Å². The third-order valence-electron chi connectivity index (χ3n) is 3.71. The Kier molecular flexibility index (Phi) is 6.06. The van der Waals surface area contributed by atoms with Crippen molar-refractivity contribution in [3.63, 3.8) is 0 Å². The summed E-state index contributed by atoms with van der Waals surface area (Å²) >= 11 is 13.4. The monoisotopic (exact) mass is 331 g/mol. The number of rotatable bonds is 4. The first-order valence-electron chi connectivity index (χ1n) is 6.93. The van der Waals surface area contributed by atoms with Gasteiger partial charge in [-0.2, -0.15) is 0 Å². The average molecular weight is 332 g/mol. The van der Waals surface area contributed by atoms with Gasteiger partial charge >= 0.3 is 0 Å². The summed E-state index contributed by atoms with van der Waals surface area (Å²) in [6, 6.07) is 5.63. The number of halogens is 2. The number of carbonyl (C=O) groups excluding carboxylic acids is 1. The third kappa shape index (κ3) is 4.57. The standard InChI is InChI=1S/C15H19Cl2NOS/c1-10-4-2-3-5-13(10)18-15(19)9-20-14-8-11(16)6-7-12(14)17/h6-8,10,13H,2-5,9H2,1H3,(H,18,19). The van der Waals surface area contributed by atoms with Crippen molar-refractivity contribution >= 4 is 40.9 Å². The van der Waals surface area contributed by atoms with Crippen LogP contribution in [0.3, 0.4) is 0 Å². The van der Waals surface area contributed by atoms with Gasteiger partial charge < -0.3 is 5.32 Å². The lowest BCUT2D eigenvalue weighted by Gasteiger charge is -2.29. The molecule has 0 heterocycles. The molecule has 20 heavy (non-hydrogen) atoms. The van der Waals surface area contributed by atoms with Crippen molar-refractivity contribution in [3.05, 3.63) is 28.2 Å². The van der Waals surface area contributed by atoms with Gasteiger partial charge in [0.25, 0.3) is 0 Å². The van der Waals surface area contributed by atoms with E-state index in [0.29, 0.717) is 27.8 Å². The fraction of sp³-hybridized carbons (Fsp3) is 0.533. The fourth-order valence-corrected chi connectivity index (χ4v) is 3.81. The molecular weight excluding hydrogens is 313 g/mol. The molecular formula is C15H19Cl2NOS. The van der Waals surface area contributed by atoms with Crippen LogP contribution in [0.4, 0.5) is 0 Å². The molecule has 1 N–H and O–H groups in total. The molecule has 1 saturated carbocycles. The van der Waals surface area contributed by atoms with Crippen LogP contribution in [0, 0.1) is 5.92 Å². The van der Waals surface area contributed by atoms with E-state index >= 15 is 0 Å². The lowest BCUT2D eigenvalue weighted by Crippen LogP contribution is -2.41. The van der Waals surface area contributed by atoms with Gasteiger partial charge in [-0.3, -0.25) is 4.79 Å². The first kappa shape index (κ1) is 16.0. The van der Waals surface area contributed by atoms with Crippen LogP contribution in [0.5, 0.6) is 0 Å². The SMILES string of the molecule is CC1CCCCC1NC(=O)CSc1cc(Cl)ccc1Cl. The van der Waals surface area contributed by atoms with Crippen molar-refractivity contribution in [2.24, 2.45) is 5.92 Å². The molecule has 2 rings (SSSR count). The zero-order valence-corrected chi connectivity index (χ0v) is 13.8. The van der Waals surface area contributed by atoms with E-state index in [-0.39, 0.29) is 5.91 Å². The maximum absolute atomic E-state index is 12.0. The minimum atomic E-state index is 0.0739. The van der Waals surface area contributed by atoms with Crippen LogP contribution in [-0.2, 0) is 4.79 Å². The van der Waals surface area contributed by atoms with Crippen molar-refractivity contribution in [1.82, 2.24) is 5.32 Å². The number of amides is 1. The fourth-order valence-electron chi connectivity index (χ4n) is 2.51. The Morgan fingerprint density at radius 2 is 2.10 bits per heavy atom. The Morgan fingerprint density at radius 1 is 1.35 bits per heavy atom.